The van der Waals surface area contributed by atoms with Gasteiger partial charge < -0.3 is 9.84 Å². The Balaban J connectivity index is 2.03. The summed E-state index contributed by atoms with van der Waals surface area (Å²) in [5, 5.41) is 9.30. The minimum absolute atomic E-state index is 0.176. The molecule has 0 radical (unpaired) electrons. The van der Waals surface area contributed by atoms with E-state index in [0.29, 0.717) is 13.3 Å². The third kappa shape index (κ3) is 4.33. The number of ether oxygens (including phenoxy) is 1. The van der Waals surface area contributed by atoms with Gasteiger partial charge in [-0.2, -0.15) is 0 Å². The van der Waals surface area contributed by atoms with E-state index >= 15 is 0 Å². The number of aromatic nitrogens is 2. The van der Waals surface area contributed by atoms with E-state index in [1.807, 2.05) is 4.57 Å². The predicted octanol–water partition coefficient (Wildman–Crippen LogP) is 3.77. The van der Waals surface area contributed by atoms with Crippen molar-refractivity contribution in [1.82, 2.24) is 14.5 Å². The summed E-state index contributed by atoms with van der Waals surface area (Å²) < 4.78 is 8.55. The molecule has 2 rings (SSSR count). The van der Waals surface area contributed by atoms with Gasteiger partial charge in [0.2, 0.25) is 0 Å². The maximum Gasteiger partial charge on any atom is 0.407 e. The molecule has 0 spiro atoms. The molecule has 1 aliphatic heterocycles. The zero-order chi connectivity index (χ0) is 16.3. The Morgan fingerprint density at radius 2 is 2.27 bits per heavy atom. The second-order valence-electron chi connectivity index (χ2n) is 6.85. The van der Waals surface area contributed by atoms with E-state index < -0.39 is 14.2 Å². The van der Waals surface area contributed by atoms with Crippen LogP contribution >= 0.6 is 15.9 Å². The Labute approximate surface area is 140 Å². The standard InChI is InChI=1S/C14H24BrN3O3Si/c1-22(2,3)8-7-21-10-18-12(15)9-16-13(18)11-5-4-6-17(11)14(19)20/h9,11H,4-8,10H2,1-3H3,(H,19,20). The van der Waals surface area contributed by atoms with Crippen molar-refractivity contribution in [3.05, 3.63) is 16.6 Å². The molecule has 1 aromatic rings. The Bertz CT molecular complexity index is 530. The van der Waals surface area contributed by atoms with Crippen LogP contribution in [0, 0.1) is 0 Å². The Morgan fingerprint density at radius 3 is 2.91 bits per heavy atom. The summed E-state index contributed by atoms with van der Waals surface area (Å²) in [6, 6.07) is 0.934. The van der Waals surface area contributed by atoms with Crippen LogP contribution in [-0.2, 0) is 11.5 Å². The van der Waals surface area contributed by atoms with Gasteiger partial charge in [0.1, 0.15) is 17.2 Å². The third-order valence-electron chi connectivity index (χ3n) is 3.85. The second kappa shape index (κ2) is 7.14. The van der Waals surface area contributed by atoms with E-state index in [1.165, 1.54) is 4.90 Å². The first-order chi connectivity index (χ1) is 10.3. The van der Waals surface area contributed by atoms with Crippen LogP contribution in [0.5, 0.6) is 0 Å². The van der Waals surface area contributed by atoms with Gasteiger partial charge in [-0.1, -0.05) is 19.6 Å². The number of amides is 1. The molecule has 8 heteroatoms. The lowest BCUT2D eigenvalue weighted by atomic mass is 10.2. The topological polar surface area (TPSA) is 67.6 Å². The molecule has 22 heavy (non-hydrogen) atoms. The first-order valence-electron chi connectivity index (χ1n) is 7.58. The summed E-state index contributed by atoms with van der Waals surface area (Å²) in [6.45, 7) is 8.66. The summed E-state index contributed by atoms with van der Waals surface area (Å²) in [5.74, 6) is 0.764. The highest BCUT2D eigenvalue weighted by Gasteiger charge is 2.33. The van der Waals surface area contributed by atoms with E-state index in [4.69, 9.17) is 4.74 Å². The van der Waals surface area contributed by atoms with E-state index in [-0.39, 0.29) is 6.04 Å². The van der Waals surface area contributed by atoms with Crippen LogP contribution in [0.15, 0.2) is 10.8 Å². The summed E-state index contributed by atoms with van der Waals surface area (Å²) in [7, 11) is -1.11. The molecular weight excluding hydrogens is 366 g/mol. The van der Waals surface area contributed by atoms with Crippen molar-refractivity contribution in [3.8, 4) is 0 Å². The summed E-state index contributed by atoms with van der Waals surface area (Å²) in [4.78, 5) is 17.2. The van der Waals surface area contributed by atoms with E-state index in [0.717, 1.165) is 35.9 Å². The highest BCUT2D eigenvalue weighted by Crippen LogP contribution is 2.32. The first kappa shape index (κ1) is 17.5. The summed E-state index contributed by atoms with van der Waals surface area (Å²) in [5.41, 5.74) is 0. The number of rotatable bonds is 6. The van der Waals surface area contributed by atoms with Gasteiger partial charge in [-0.3, -0.25) is 9.47 Å². The van der Waals surface area contributed by atoms with Crippen LogP contribution < -0.4 is 0 Å². The molecule has 2 heterocycles. The normalized spacial score (nSPS) is 18.9. The maximum absolute atomic E-state index is 11.3. The zero-order valence-corrected chi connectivity index (χ0v) is 16.0. The molecule has 1 aromatic heterocycles. The fraction of sp³-hybridized carbons (Fsp3) is 0.714. The molecule has 0 bridgehead atoms. The van der Waals surface area contributed by atoms with Gasteiger partial charge in [0.25, 0.3) is 0 Å². The lowest BCUT2D eigenvalue weighted by molar-refractivity contribution is 0.0791. The predicted molar refractivity (Wildman–Crippen MR) is 90.7 cm³/mol. The number of hydrogen-bond donors (Lipinski definition) is 1. The van der Waals surface area contributed by atoms with E-state index in [2.05, 4.69) is 40.6 Å². The maximum atomic E-state index is 11.3. The quantitative estimate of drug-likeness (QED) is 0.593. The lowest BCUT2D eigenvalue weighted by Gasteiger charge is -2.22. The van der Waals surface area contributed by atoms with Gasteiger partial charge in [-0.05, 0) is 34.8 Å². The van der Waals surface area contributed by atoms with Crippen molar-refractivity contribution in [2.75, 3.05) is 13.2 Å². The second-order valence-corrected chi connectivity index (χ2v) is 13.3. The molecule has 1 aliphatic rings. The molecule has 1 saturated heterocycles. The van der Waals surface area contributed by atoms with Gasteiger partial charge in [0.15, 0.2) is 0 Å². The third-order valence-corrected chi connectivity index (χ3v) is 6.19. The highest BCUT2D eigenvalue weighted by atomic mass is 79.9. The van der Waals surface area contributed by atoms with Crippen molar-refractivity contribution in [2.45, 2.75) is 51.3 Å². The number of halogens is 1. The fourth-order valence-electron chi connectivity index (χ4n) is 2.56. The minimum atomic E-state index is -1.11. The van der Waals surface area contributed by atoms with Gasteiger partial charge >= 0.3 is 6.09 Å². The molecule has 1 atom stereocenters. The van der Waals surface area contributed by atoms with Gasteiger partial charge in [-0.25, -0.2) is 9.78 Å². The largest absolute Gasteiger partial charge is 0.465 e. The van der Waals surface area contributed by atoms with Crippen molar-refractivity contribution >= 4 is 30.1 Å². The van der Waals surface area contributed by atoms with Gasteiger partial charge in [0, 0.05) is 21.2 Å². The number of imidazole rings is 1. The Hall–Kier alpha value is -0.863. The van der Waals surface area contributed by atoms with Crippen LogP contribution in [0.25, 0.3) is 0 Å². The van der Waals surface area contributed by atoms with Crippen LogP contribution in [0.2, 0.25) is 25.7 Å². The molecule has 1 unspecified atom stereocenters. The molecule has 6 nitrogen and oxygen atoms in total. The molecule has 1 amide bonds. The molecule has 0 aromatic carbocycles. The van der Waals surface area contributed by atoms with E-state index in [9.17, 15) is 9.90 Å². The lowest BCUT2D eigenvalue weighted by Crippen LogP contribution is -2.30. The Kier molecular flexibility index (Phi) is 5.68. The fourth-order valence-corrected chi connectivity index (χ4v) is 3.70. The molecular formula is C14H24BrN3O3Si. The molecule has 1 fully saturated rings. The average Bonchev–Trinajstić information content (AvgIpc) is 3.00. The zero-order valence-electron chi connectivity index (χ0n) is 13.4. The SMILES string of the molecule is C[Si](C)(C)CCOCn1c(Br)cnc1C1CCCN1C(=O)O. The van der Waals surface area contributed by atoms with Gasteiger partial charge in [-0.15, -0.1) is 0 Å². The van der Waals surface area contributed by atoms with Crippen molar-refractivity contribution in [1.29, 1.82) is 0 Å². The number of carbonyl (C=O) groups is 1. The molecule has 124 valence electrons. The number of likely N-dealkylation sites (tertiary alicyclic amines) is 1. The smallest absolute Gasteiger partial charge is 0.407 e. The van der Waals surface area contributed by atoms with Crippen LogP contribution in [0.3, 0.4) is 0 Å². The monoisotopic (exact) mass is 389 g/mol. The summed E-state index contributed by atoms with van der Waals surface area (Å²) in [6.07, 6.45) is 2.52. The average molecular weight is 390 g/mol. The van der Waals surface area contributed by atoms with E-state index in [1.54, 1.807) is 6.20 Å². The van der Waals surface area contributed by atoms with Crippen molar-refractivity contribution < 1.29 is 14.6 Å². The minimum Gasteiger partial charge on any atom is -0.465 e. The summed E-state index contributed by atoms with van der Waals surface area (Å²) >= 11 is 3.48. The number of nitrogens with zero attached hydrogens (tertiary/aromatic N) is 3. The van der Waals surface area contributed by atoms with Crippen LogP contribution in [-0.4, -0.2) is 46.9 Å². The molecule has 0 saturated carbocycles. The first-order valence-corrected chi connectivity index (χ1v) is 12.1. The van der Waals surface area contributed by atoms with Crippen LogP contribution in [0.1, 0.15) is 24.7 Å². The highest BCUT2D eigenvalue weighted by molar-refractivity contribution is 9.10. The number of hydrogen-bond acceptors (Lipinski definition) is 3. The number of carboxylic acid groups (broad SMARTS) is 1. The molecule has 1 N–H and O–H groups in total. The Morgan fingerprint density at radius 1 is 1.55 bits per heavy atom. The van der Waals surface area contributed by atoms with Crippen molar-refractivity contribution in [3.63, 3.8) is 0 Å². The van der Waals surface area contributed by atoms with Gasteiger partial charge in [0.05, 0.1) is 12.2 Å². The molecule has 0 aliphatic carbocycles. The van der Waals surface area contributed by atoms with Crippen molar-refractivity contribution in [2.24, 2.45) is 0 Å². The van der Waals surface area contributed by atoms with Crippen LogP contribution in [0.4, 0.5) is 4.79 Å².